The number of carbonyl (C=O) groups excluding carboxylic acids is 3. The summed E-state index contributed by atoms with van der Waals surface area (Å²) in [6, 6.07) is 0.0713. The first-order chi connectivity index (χ1) is 17.3. The summed E-state index contributed by atoms with van der Waals surface area (Å²) < 4.78 is 15.3. The molecule has 0 saturated heterocycles. The van der Waals surface area contributed by atoms with Gasteiger partial charge < -0.3 is 31.5 Å². The summed E-state index contributed by atoms with van der Waals surface area (Å²) >= 11 is 0. The van der Waals surface area contributed by atoms with Crippen molar-refractivity contribution in [3.8, 4) is 5.75 Å². The van der Waals surface area contributed by atoms with Gasteiger partial charge in [-0.2, -0.15) is 0 Å². The van der Waals surface area contributed by atoms with Crippen LogP contribution in [0, 0.1) is 17.7 Å². The van der Waals surface area contributed by atoms with Crippen LogP contribution >= 0.6 is 0 Å². The quantitative estimate of drug-likeness (QED) is 0.301. The Balaban J connectivity index is 1.90. The van der Waals surface area contributed by atoms with Gasteiger partial charge in [-0.05, 0) is 52.3 Å². The molecule has 7 N–H and O–H groups in total. The van der Waals surface area contributed by atoms with E-state index in [0.29, 0.717) is 0 Å². The van der Waals surface area contributed by atoms with Crippen LogP contribution in [-0.2, 0) is 27.3 Å². The minimum atomic E-state index is -2.73. The van der Waals surface area contributed by atoms with Gasteiger partial charge in [0.2, 0.25) is 5.78 Å². The van der Waals surface area contributed by atoms with Gasteiger partial charge in [-0.3, -0.25) is 19.3 Å². The number of hydrogen-bond donors (Lipinski definition) is 6. The molecule has 0 heterocycles. The highest BCUT2D eigenvalue weighted by Crippen LogP contribution is 2.53. The number of likely N-dealkylation sites (N-methyl/N-ethyl adjacent to an activating group) is 1. The molecule has 37 heavy (non-hydrogen) atoms. The number of nitrogens with two attached hydrogens (primary N) is 1. The first-order valence-corrected chi connectivity index (χ1v) is 12.2. The van der Waals surface area contributed by atoms with E-state index in [2.05, 4.69) is 5.32 Å². The second-order valence-electron chi connectivity index (χ2n) is 10.4. The lowest BCUT2D eigenvalue weighted by Crippen LogP contribution is -2.65. The van der Waals surface area contributed by atoms with Gasteiger partial charge in [-0.25, -0.2) is 4.39 Å². The molecule has 200 valence electrons. The van der Waals surface area contributed by atoms with E-state index in [1.165, 1.54) is 25.1 Å². The number of fused-ring (bicyclic) bond motifs is 3. The Kier molecular flexibility index (Phi) is 6.68. The molecule has 0 spiro atoms. The highest BCUT2D eigenvalue weighted by atomic mass is 19.1. The smallest absolute Gasteiger partial charge is 0.255 e. The average molecular weight is 518 g/mol. The van der Waals surface area contributed by atoms with Crippen molar-refractivity contribution in [3.63, 3.8) is 0 Å². The predicted octanol–water partition coefficient (Wildman–Crippen LogP) is 0.991. The number of benzene rings is 1. The van der Waals surface area contributed by atoms with Crippen LogP contribution in [0.25, 0.3) is 5.76 Å². The first kappa shape index (κ1) is 26.8. The van der Waals surface area contributed by atoms with E-state index in [1.807, 2.05) is 13.8 Å². The van der Waals surface area contributed by atoms with Crippen LogP contribution in [0.1, 0.15) is 43.4 Å². The fourth-order valence-electron chi connectivity index (χ4n) is 5.88. The normalized spacial score (nSPS) is 28.2. The summed E-state index contributed by atoms with van der Waals surface area (Å²) in [4.78, 5) is 40.3. The van der Waals surface area contributed by atoms with E-state index in [4.69, 9.17) is 5.73 Å². The average Bonchev–Trinajstić information content (AvgIpc) is 2.81. The maximum atomic E-state index is 15.3. The number of aromatic hydroxyl groups is 1. The number of hydrogen-bond acceptors (Lipinski definition) is 9. The standard InChI is InChI=1S/C26H32FN3O7/c1-5-10(2)29-9-12-8-15(27)13-6-11-7-14-19(30(3)4)22(33)18(25(28)36)24(35)26(14,37)23(34)16(11)21(32)17(13)20(12)31/h8,10-11,14,19,29,31-32,35,37H,5-7,9H2,1-4H3,(H2,28,36)/t10?,11-,14-,19-,26-/m0/s1. The van der Waals surface area contributed by atoms with Crippen LogP contribution < -0.4 is 11.1 Å². The number of Topliss-reactive ketones (excluding diaryl/α,β-unsaturated/α-hetero) is 2. The van der Waals surface area contributed by atoms with Gasteiger partial charge in [0.25, 0.3) is 5.91 Å². The van der Waals surface area contributed by atoms with Crippen LogP contribution in [-0.4, -0.2) is 74.6 Å². The third kappa shape index (κ3) is 3.84. The van der Waals surface area contributed by atoms with Gasteiger partial charge in [0.05, 0.1) is 11.6 Å². The minimum Gasteiger partial charge on any atom is -0.508 e. The number of phenolic OH excluding ortho intramolecular Hbond substituents is 1. The number of carbonyl (C=O) groups is 3. The number of primary amides is 1. The number of aliphatic hydroxyl groups is 3. The van der Waals surface area contributed by atoms with Crippen LogP contribution in [0.2, 0.25) is 0 Å². The summed E-state index contributed by atoms with van der Waals surface area (Å²) in [6.07, 6.45) is 0.608. The lowest BCUT2D eigenvalue weighted by atomic mass is 9.57. The number of nitrogens with one attached hydrogen (secondary N) is 1. The SMILES string of the molecule is CCC(C)NCc1cc(F)c2c(c1O)C(O)=C1C(=O)[C@]3(O)C(O)=C(C(N)=O)C(=O)[C@@H](N(C)C)[C@@H]3C[C@@H]1C2. The number of phenols is 1. The molecular weight excluding hydrogens is 485 g/mol. The summed E-state index contributed by atoms with van der Waals surface area (Å²) in [7, 11) is 3.03. The minimum absolute atomic E-state index is 0.00964. The van der Waals surface area contributed by atoms with E-state index in [-0.39, 0.29) is 47.7 Å². The lowest BCUT2D eigenvalue weighted by molar-refractivity contribution is -0.153. The molecule has 1 amide bonds. The monoisotopic (exact) mass is 517 g/mol. The van der Waals surface area contributed by atoms with Crippen molar-refractivity contribution in [1.29, 1.82) is 0 Å². The predicted molar refractivity (Wildman–Crippen MR) is 131 cm³/mol. The molecule has 0 bridgehead atoms. The van der Waals surface area contributed by atoms with Crippen molar-refractivity contribution in [3.05, 3.63) is 45.5 Å². The number of halogens is 1. The van der Waals surface area contributed by atoms with Crippen LogP contribution in [0.15, 0.2) is 23.0 Å². The first-order valence-electron chi connectivity index (χ1n) is 12.2. The summed E-state index contributed by atoms with van der Waals surface area (Å²) in [6.45, 7) is 3.99. The molecule has 1 fully saturated rings. The Bertz CT molecular complexity index is 1270. The zero-order valence-corrected chi connectivity index (χ0v) is 21.1. The Labute approximate surface area is 213 Å². The van der Waals surface area contributed by atoms with Crippen LogP contribution in [0.4, 0.5) is 4.39 Å². The van der Waals surface area contributed by atoms with E-state index in [9.17, 15) is 34.8 Å². The van der Waals surface area contributed by atoms with Gasteiger partial charge in [-0.1, -0.05) is 6.92 Å². The molecule has 1 unspecified atom stereocenters. The molecular formula is C26H32FN3O7. The van der Waals surface area contributed by atoms with E-state index < -0.39 is 69.6 Å². The molecule has 0 radical (unpaired) electrons. The Morgan fingerprint density at radius 3 is 2.51 bits per heavy atom. The van der Waals surface area contributed by atoms with E-state index in [1.54, 1.807) is 0 Å². The van der Waals surface area contributed by atoms with Crippen LogP contribution in [0.5, 0.6) is 5.75 Å². The molecule has 0 aromatic heterocycles. The summed E-state index contributed by atoms with van der Waals surface area (Å²) in [5.74, 6) is -8.24. The topological polar surface area (TPSA) is 173 Å². The molecule has 1 aromatic carbocycles. The van der Waals surface area contributed by atoms with Crippen molar-refractivity contribution in [2.45, 2.75) is 57.3 Å². The zero-order valence-electron chi connectivity index (χ0n) is 21.1. The zero-order chi connectivity index (χ0) is 27.6. The lowest BCUT2D eigenvalue weighted by Gasteiger charge is -2.50. The van der Waals surface area contributed by atoms with Gasteiger partial charge in [-0.15, -0.1) is 0 Å². The molecule has 3 aliphatic rings. The number of nitrogens with zero attached hydrogens (tertiary/aromatic N) is 1. The highest BCUT2D eigenvalue weighted by molar-refractivity contribution is 6.24. The third-order valence-electron chi connectivity index (χ3n) is 8.00. The third-order valence-corrected chi connectivity index (χ3v) is 8.00. The van der Waals surface area contributed by atoms with Gasteiger partial charge in [0.1, 0.15) is 28.7 Å². The number of rotatable bonds is 6. The van der Waals surface area contributed by atoms with Gasteiger partial charge in [0, 0.05) is 35.2 Å². The number of aliphatic hydroxyl groups excluding tert-OH is 2. The number of ketones is 2. The van der Waals surface area contributed by atoms with Crippen molar-refractivity contribution >= 4 is 23.2 Å². The maximum absolute atomic E-state index is 15.3. The summed E-state index contributed by atoms with van der Waals surface area (Å²) in [5.41, 5.74) is 1.33. The fourth-order valence-corrected chi connectivity index (χ4v) is 5.88. The molecule has 1 aromatic rings. The molecule has 4 rings (SSSR count). The molecule has 10 nitrogen and oxygen atoms in total. The Morgan fingerprint density at radius 1 is 1.30 bits per heavy atom. The molecule has 0 aliphatic heterocycles. The number of amides is 1. The summed E-state index contributed by atoms with van der Waals surface area (Å²) in [5, 5.41) is 47.7. The van der Waals surface area contributed by atoms with Crippen molar-refractivity contribution in [2.75, 3.05) is 14.1 Å². The van der Waals surface area contributed by atoms with Gasteiger partial charge >= 0.3 is 0 Å². The van der Waals surface area contributed by atoms with Crippen LogP contribution in [0.3, 0.4) is 0 Å². The second kappa shape index (κ2) is 9.23. The maximum Gasteiger partial charge on any atom is 0.255 e. The van der Waals surface area contributed by atoms with E-state index >= 15 is 4.39 Å². The molecule has 1 saturated carbocycles. The van der Waals surface area contributed by atoms with Crippen molar-refractivity contribution < 1.29 is 39.2 Å². The van der Waals surface area contributed by atoms with Gasteiger partial charge in [0.15, 0.2) is 11.4 Å². The Hall–Kier alpha value is -3.28. The molecule has 5 atom stereocenters. The van der Waals surface area contributed by atoms with Crippen molar-refractivity contribution in [1.82, 2.24) is 10.2 Å². The fraction of sp³-hybridized carbons (Fsp3) is 0.500. The van der Waals surface area contributed by atoms with E-state index in [0.717, 1.165) is 6.42 Å². The van der Waals surface area contributed by atoms with Crippen molar-refractivity contribution in [2.24, 2.45) is 17.6 Å². The molecule has 11 heteroatoms. The second-order valence-corrected chi connectivity index (χ2v) is 10.4. The largest absolute Gasteiger partial charge is 0.508 e. The highest BCUT2D eigenvalue weighted by Gasteiger charge is 2.64. The Morgan fingerprint density at radius 2 is 1.95 bits per heavy atom. The molecule has 3 aliphatic carbocycles.